The van der Waals surface area contributed by atoms with E-state index in [0.717, 1.165) is 29.4 Å². The molecule has 2 aromatic rings. The topological polar surface area (TPSA) is 101 Å². The van der Waals surface area contributed by atoms with Crippen molar-refractivity contribution in [2.45, 2.75) is 57.3 Å². The number of H-pyrrole nitrogens is 1. The standard InChI is InChI=1S/C18H22N4O3.Na/c1-10-3-2-4-12-16(10)21-15(20-12)9-19-17(23)13-7-8-14(18(24)25)22(13)11-5-6-11;/h2-4,11,13-14H,5-9H2,1H3,(H,19,23)(H,20,21)(H,24,25);/q;+1/p-1. The van der Waals surface area contributed by atoms with Crippen LogP contribution in [0.1, 0.15) is 37.1 Å². The Morgan fingerprint density at radius 3 is 2.65 bits per heavy atom. The Morgan fingerprint density at radius 1 is 1.27 bits per heavy atom. The second-order valence-electron chi connectivity index (χ2n) is 6.98. The minimum absolute atomic E-state index is 0. The normalized spacial score (nSPS) is 23.0. The molecule has 1 aromatic carbocycles. The van der Waals surface area contributed by atoms with E-state index in [1.54, 1.807) is 0 Å². The number of aromatic nitrogens is 2. The van der Waals surface area contributed by atoms with Crippen molar-refractivity contribution >= 4 is 22.9 Å². The molecule has 1 saturated carbocycles. The van der Waals surface area contributed by atoms with Gasteiger partial charge in [-0.15, -0.1) is 0 Å². The van der Waals surface area contributed by atoms with Crippen LogP contribution in [0, 0.1) is 6.92 Å². The summed E-state index contributed by atoms with van der Waals surface area (Å²) in [6.45, 7) is 2.30. The molecule has 2 fully saturated rings. The minimum atomic E-state index is -1.07. The van der Waals surface area contributed by atoms with Crippen LogP contribution >= 0.6 is 0 Å². The van der Waals surface area contributed by atoms with E-state index in [-0.39, 0.29) is 47.5 Å². The summed E-state index contributed by atoms with van der Waals surface area (Å²) in [5.74, 6) is -0.507. The fourth-order valence-electron chi connectivity index (χ4n) is 3.82. The van der Waals surface area contributed by atoms with Gasteiger partial charge in [0.25, 0.3) is 0 Å². The molecular weight excluding hydrogens is 343 g/mol. The van der Waals surface area contributed by atoms with Crippen LogP contribution in [0.3, 0.4) is 0 Å². The number of carboxylic acids is 1. The van der Waals surface area contributed by atoms with E-state index in [0.29, 0.717) is 25.2 Å². The molecule has 1 aliphatic heterocycles. The smallest absolute Gasteiger partial charge is 0.548 e. The largest absolute Gasteiger partial charge is 1.00 e. The van der Waals surface area contributed by atoms with Gasteiger partial charge in [-0.25, -0.2) is 4.98 Å². The fraction of sp³-hybridized carbons (Fsp3) is 0.500. The number of hydrogen-bond acceptors (Lipinski definition) is 5. The van der Waals surface area contributed by atoms with Crippen molar-refractivity contribution in [1.29, 1.82) is 0 Å². The second kappa shape index (κ2) is 7.68. The first-order valence-electron chi connectivity index (χ1n) is 8.75. The summed E-state index contributed by atoms with van der Waals surface area (Å²) in [5.41, 5.74) is 2.94. The molecule has 4 rings (SSSR count). The van der Waals surface area contributed by atoms with E-state index >= 15 is 0 Å². The van der Waals surface area contributed by atoms with Crippen LogP contribution < -0.4 is 40.0 Å². The van der Waals surface area contributed by atoms with Gasteiger partial charge in [-0.05, 0) is 44.2 Å². The first kappa shape index (κ1) is 19.4. The summed E-state index contributed by atoms with van der Waals surface area (Å²) in [6, 6.07) is 5.09. The number of aryl methyl sites for hydroxylation is 1. The summed E-state index contributed by atoms with van der Waals surface area (Å²) in [5, 5.41) is 14.2. The monoisotopic (exact) mass is 364 g/mol. The van der Waals surface area contributed by atoms with Gasteiger partial charge in [0, 0.05) is 6.04 Å². The van der Waals surface area contributed by atoms with E-state index < -0.39 is 12.0 Å². The zero-order valence-electron chi connectivity index (χ0n) is 15.1. The molecule has 7 nitrogen and oxygen atoms in total. The molecule has 2 unspecified atom stereocenters. The molecule has 2 atom stereocenters. The molecule has 2 aliphatic rings. The number of likely N-dealkylation sites (tertiary alicyclic amines) is 1. The van der Waals surface area contributed by atoms with Crippen LogP contribution in [0.5, 0.6) is 0 Å². The van der Waals surface area contributed by atoms with Gasteiger partial charge in [-0.2, -0.15) is 0 Å². The third-order valence-electron chi connectivity index (χ3n) is 5.17. The van der Waals surface area contributed by atoms with Crippen LogP contribution in [0.15, 0.2) is 18.2 Å². The number of carbonyl (C=O) groups excluding carboxylic acids is 2. The van der Waals surface area contributed by atoms with Gasteiger partial charge >= 0.3 is 29.6 Å². The SMILES string of the molecule is Cc1cccc2[nH]c(CNC(=O)C3CCC(C(=O)[O-])N3C3CC3)nc12.[Na+]. The van der Waals surface area contributed by atoms with Gasteiger partial charge in [0.2, 0.25) is 5.91 Å². The maximum atomic E-state index is 12.6. The van der Waals surface area contributed by atoms with Crippen molar-refractivity contribution in [3.05, 3.63) is 29.6 Å². The van der Waals surface area contributed by atoms with E-state index in [4.69, 9.17) is 0 Å². The molecule has 1 amide bonds. The number of imidazole rings is 1. The average Bonchev–Trinajstić information content (AvgIpc) is 3.17. The fourth-order valence-corrected chi connectivity index (χ4v) is 3.82. The summed E-state index contributed by atoms with van der Waals surface area (Å²) in [7, 11) is 0. The number of fused-ring (bicyclic) bond motifs is 1. The third kappa shape index (κ3) is 3.67. The van der Waals surface area contributed by atoms with Crippen molar-refractivity contribution in [3.8, 4) is 0 Å². The van der Waals surface area contributed by atoms with E-state index in [1.165, 1.54) is 0 Å². The molecule has 8 heteroatoms. The summed E-state index contributed by atoms with van der Waals surface area (Å²) in [4.78, 5) is 33.5. The van der Waals surface area contributed by atoms with E-state index in [1.807, 2.05) is 30.0 Å². The maximum absolute atomic E-state index is 12.6. The number of carbonyl (C=O) groups is 2. The molecule has 26 heavy (non-hydrogen) atoms. The molecular formula is C18H21N4NaO3. The average molecular weight is 364 g/mol. The van der Waals surface area contributed by atoms with Gasteiger partial charge in [-0.1, -0.05) is 12.1 Å². The van der Waals surface area contributed by atoms with Crippen molar-refractivity contribution in [1.82, 2.24) is 20.2 Å². The molecule has 0 bridgehead atoms. The van der Waals surface area contributed by atoms with E-state index in [2.05, 4.69) is 15.3 Å². The van der Waals surface area contributed by atoms with Gasteiger partial charge in [0.1, 0.15) is 5.82 Å². The van der Waals surface area contributed by atoms with Crippen LogP contribution in [0.4, 0.5) is 0 Å². The third-order valence-corrected chi connectivity index (χ3v) is 5.17. The Kier molecular flexibility index (Phi) is 5.72. The number of nitrogens with one attached hydrogen (secondary N) is 2. The first-order valence-corrected chi connectivity index (χ1v) is 8.75. The number of benzene rings is 1. The number of aromatic amines is 1. The predicted octanol–water partition coefficient (Wildman–Crippen LogP) is -2.76. The van der Waals surface area contributed by atoms with Crippen LogP contribution in [-0.2, 0) is 16.1 Å². The van der Waals surface area contributed by atoms with Crippen molar-refractivity contribution < 1.29 is 44.3 Å². The Balaban J connectivity index is 0.00000196. The molecule has 1 aromatic heterocycles. The maximum Gasteiger partial charge on any atom is 1.00 e. The number of nitrogens with zero attached hydrogens (tertiary/aromatic N) is 2. The molecule has 1 aliphatic carbocycles. The van der Waals surface area contributed by atoms with E-state index in [9.17, 15) is 14.7 Å². The van der Waals surface area contributed by atoms with Crippen LogP contribution in [0.25, 0.3) is 11.0 Å². The summed E-state index contributed by atoms with van der Waals surface area (Å²) in [6.07, 6.45) is 2.94. The Labute approximate surface area is 173 Å². The number of carboxylic acid groups (broad SMARTS) is 1. The minimum Gasteiger partial charge on any atom is -0.548 e. The number of hydrogen-bond donors (Lipinski definition) is 2. The van der Waals surface area contributed by atoms with Gasteiger partial charge in [0.05, 0.1) is 35.6 Å². The zero-order chi connectivity index (χ0) is 17.6. The summed E-state index contributed by atoms with van der Waals surface area (Å²) < 4.78 is 0. The van der Waals surface area contributed by atoms with Crippen LogP contribution in [-0.4, -0.2) is 44.9 Å². The number of para-hydroxylation sites is 1. The number of amides is 1. The number of aliphatic carboxylic acids is 1. The van der Waals surface area contributed by atoms with Crippen LogP contribution in [0.2, 0.25) is 0 Å². The molecule has 0 spiro atoms. The molecule has 2 N–H and O–H groups in total. The van der Waals surface area contributed by atoms with Crippen molar-refractivity contribution in [3.63, 3.8) is 0 Å². The number of rotatable bonds is 5. The molecule has 2 heterocycles. The van der Waals surface area contributed by atoms with Gasteiger partial charge < -0.3 is 20.2 Å². The molecule has 1 saturated heterocycles. The zero-order valence-corrected chi connectivity index (χ0v) is 17.1. The van der Waals surface area contributed by atoms with Gasteiger partial charge in [-0.3, -0.25) is 9.69 Å². The van der Waals surface area contributed by atoms with Crippen molar-refractivity contribution in [2.75, 3.05) is 0 Å². The Morgan fingerprint density at radius 2 is 2.00 bits per heavy atom. The predicted molar refractivity (Wildman–Crippen MR) is 89.4 cm³/mol. The molecule has 132 valence electrons. The first-order chi connectivity index (χ1) is 12.0. The Hall–Kier alpha value is -1.41. The Bertz CT molecular complexity index is 833. The van der Waals surface area contributed by atoms with Crippen molar-refractivity contribution in [2.24, 2.45) is 0 Å². The summed E-state index contributed by atoms with van der Waals surface area (Å²) >= 11 is 0. The quantitative estimate of drug-likeness (QED) is 0.560. The molecule has 0 radical (unpaired) electrons. The second-order valence-corrected chi connectivity index (χ2v) is 6.98. The van der Waals surface area contributed by atoms with Gasteiger partial charge in [0.15, 0.2) is 0 Å².